The van der Waals surface area contributed by atoms with Gasteiger partial charge in [-0.15, -0.1) is 0 Å². The molecule has 2 aliphatic heterocycles. The average Bonchev–Trinajstić information content (AvgIpc) is 3.90. The third-order valence-corrected chi connectivity index (χ3v) is 9.80. The minimum Gasteiger partial charge on any atom is -0.337 e. The first-order valence-corrected chi connectivity index (χ1v) is 18.5. The Bertz CT molecular complexity index is 2110. The molecular formula is C42H42N10O2. The lowest BCUT2D eigenvalue weighted by molar-refractivity contribution is 0.110. The summed E-state index contributed by atoms with van der Waals surface area (Å²) in [5.41, 5.74) is 6.94. The highest BCUT2D eigenvalue weighted by atomic mass is 16.5. The molecule has 6 aromatic rings. The number of hydrogen-bond acceptors (Lipinski definition) is 12. The van der Waals surface area contributed by atoms with Gasteiger partial charge in [-0.25, -0.2) is 0 Å². The number of benzene rings is 2. The van der Waals surface area contributed by atoms with Gasteiger partial charge in [0.2, 0.25) is 23.4 Å². The number of rotatable bonds is 8. The molecule has 2 atom stereocenters. The van der Waals surface area contributed by atoms with Gasteiger partial charge in [0.15, 0.2) is 0 Å². The van der Waals surface area contributed by atoms with Crippen LogP contribution in [0, 0.1) is 36.5 Å². The molecule has 12 nitrogen and oxygen atoms in total. The highest BCUT2D eigenvalue weighted by molar-refractivity contribution is 5.58. The van der Waals surface area contributed by atoms with Crippen molar-refractivity contribution in [3.05, 3.63) is 131 Å². The molecule has 0 bridgehead atoms. The van der Waals surface area contributed by atoms with Crippen molar-refractivity contribution >= 4 is 0 Å². The van der Waals surface area contributed by atoms with Crippen LogP contribution in [0.25, 0.3) is 22.8 Å². The third-order valence-electron chi connectivity index (χ3n) is 9.80. The van der Waals surface area contributed by atoms with Crippen LogP contribution in [0.2, 0.25) is 0 Å². The van der Waals surface area contributed by atoms with Crippen LogP contribution in [0.1, 0.15) is 96.3 Å². The molecule has 12 heteroatoms. The minimum absolute atomic E-state index is 0.0986. The fourth-order valence-electron chi connectivity index (χ4n) is 7.14. The molecule has 8 rings (SSSR count). The highest BCUT2D eigenvalue weighted by Crippen LogP contribution is 2.34. The summed E-state index contributed by atoms with van der Waals surface area (Å²) in [6.45, 7) is 7.54. The second-order valence-electron chi connectivity index (χ2n) is 13.8. The molecule has 0 N–H and O–H groups in total. The number of pyridine rings is 2. The molecule has 2 saturated heterocycles. The molecule has 2 aromatic carbocycles. The summed E-state index contributed by atoms with van der Waals surface area (Å²) in [5.74, 6) is 2.34. The molecule has 2 fully saturated rings. The number of nitrogens with zero attached hydrogens (tertiary/aromatic N) is 10. The topological polar surface area (TPSA) is 158 Å². The molecule has 0 spiro atoms. The van der Waals surface area contributed by atoms with Gasteiger partial charge in [-0.2, -0.15) is 20.5 Å². The predicted octanol–water partition coefficient (Wildman–Crippen LogP) is 8.08. The maximum absolute atomic E-state index is 9.09. The van der Waals surface area contributed by atoms with E-state index >= 15 is 0 Å². The summed E-state index contributed by atoms with van der Waals surface area (Å²) in [6, 6.07) is 31.3. The Balaban J connectivity index is 0.000000167. The van der Waals surface area contributed by atoms with Gasteiger partial charge < -0.3 is 9.05 Å². The average molecular weight is 719 g/mol. The number of hydrogen-bond donors (Lipinski definition) is 0. The summed E-state index contributed by atoms with van der Waals surface area (Å²) in [6.07, 6.45) is 6.59. The zero-order valence-corrected chi connectivity index (χ0v) is 30.6. The van der Waals surface area contributed by atoms with Crippen molar-refractivity contribution in [2.75, 3.05) is 13.1 Å². The number of aromatic nitrogens is 6. The van der Waals surface area contributed by atoms with Crippen LogP contribution in [0.3, 0.4) is 0 Å². The lowest BCUT2D eigenvalue weighted by atomic mass is 10.0. The number of piperidine rings is 2. The van der Waals surface area contributed by atoms with E-state index in [0.717, 1.165) is 98.6 Å². The molecular weight excluding hydrogens is 677 g/mol. The Morgan fingerprint density at radius 1 is 0.593 bits per heavy atom. The predicted molar refractivity (Wildman–Crippen MR) is 201 cm³/mol. The Hall–Kier alpha value is -6.08. The quantitative estimate of drug-likeness (QED) is 0.149. The summed E-state index contributed by atoms with van der Waals surface area (Å²) in [4.78, 5) is 23.3. The molecule has 0 saturated carbocycles. The SMILES string of the molecule is Cc1cccc(CN2CCCCC2c2nc(-c3cccc(C#N)c3)no2)n1.Cc1cccc(CN2CCCCC2c2nc(-c3cccc(C#N)c3)no2)n1. The van der Waals surface area contributed by atoms with Crippen molar-refractivity contribution in [1.82, 2.24) is 40.0 Å². The van der Waals surface area contributed by atoms with Crippen LogP contribution in [0.4, 0.5) is 0 Å². The van der Waals surface area contributed by atoms with E-state index in [4.69, 9.17) is 19.6 Å². The summed E-state index contributed by atoms with van der Waals surface area (Å²) in [7, 11) is 0. The van der Waals surface area contributed by atoms with Crippen LogP contribution < -0.4 is 0 Å². The minimum atomic E-state index is 0.0986. The van der Waals surface area contributed by atoms with Gasteiger partial charge >= 0.3 is 0 Å². The summed E-state index contributed by atoms with van der Waals surface area (Å²) < 4.78 is 11.2. The second kappa shape index (κ2) is 17.2. The van der Waals surface area contributed by atoms with Crippen molar-refractivity contribution in [3.8, 4) is 34.9 Å². The Kier molecular flexibility index (Phi) is 11.5. The zero-order valence-electron chi connectivity index (χ0n) is 30.6. The summed E-state index contributed by atoms with van der Waals surface area (Å²) >= 11 is 0. The molecule has 0 amide bonds. The number of likely N-dealkylation sites (tertiary alicyclic amines) is 2. The number of aryl methyl sites for hydroxylation is 2. The van der Waals surface area contributed by atoms with Crippen LogP contribution in [-0.2, 0) is 13.1 Å². The van der Waals surface area contributed by atoms with Gasteiger partial charge in [0.25, 0.3) is 0 Å². The van der Waals surface area contributed by atoms with E-state index in [1.54, 1.807) is 24.3 Å². The first-order chi connectivity index (χ1) is 26.4. The van der Waals surface area contributed by atoms with E-state index in [1.165, 1.54) is 0 Å². The van der Waals surface area contributed by atoms with Crippen LogP contribution in [0.5, 0.6) is 0 Å². The van der Waals surface area contributed by atoms with Gasteiger partial charge in [0, 0.05) is 35.6 Å². The first kappa shape index (κ1) is 36.3. The van der Waals surface area contributed by atoms with Crippen LogP contribution >= 0.6 is 0 Å². The second-order valence-corrected chi connectivity index (χ2v) is 13.8. The van der Waals surface area contributed by atoms with E-state index in [-0.39, 0.29) is 12.1 Å². The Morgan fingerprint density at radius 3 is 1.46 bits per heavy atom. The van der Waals surface area contributed by atoms with Gasteiger partial charge in [-0.05, 0) is 101 Å². The van der Waals surface area contributed by atoms with Crippen LogP contribution in [-0.4, -0.2) is 53.1 Å². The van der Waals surface area contributed by atoms with Gasteiger partial charge in [0.1, 0.15) is 0 Å². The molecule has 54 heavy (non-hydrogen) atoms. The smallest absolute Gasteiger partial charge is 0.244 e. The first-order valence-electron chi connectivity index (χ1n) is 18.5. The zero-order chi connectivity index (χ0) is 37.3. The molecule has 0 radical (unpaired) electrons. The molecule has 6 heterocycles. The maximum atomic E-state index is 9.09. The lowest BCUT2D eigenvalue weighted by Crippen LogP contribution is -2.33. The Labute approximate surface area is 315 Å². The molecule has 2 unspecified atom stereocenters. The molecule has 4 aromatic heterocycles. The van der Waals surface area contributed by atoms with Crippen molar-refractivity contribution in [2.24, 2.45) is 0 Å². The fourth-order valence-corrected chi connectivity index (χ4v) is 7.14. The van der Waals surface area contributed by atoms with E-state index in [1.807, 2.05) is 62.4 Å². The number of nitriles is 2. The highest BCUT2D eigenvalue weighted by Gasteiger charge is 2.30. The van der Waals surface area contributed by atoms with Gasteiger partial charge in [0.05, 0.1) is 46.7 Å². The van der Waals surface area contributed by atoms with Crippen molar-refractivity contribution in [1.29, 1.82) is 10.5 Å². The lowest BCUT2D eigenvalue weighted by Gasteiger charge is -2.33. The molecule has 0 aliphatic carbocycles. The van der Waals surface area contributed by atoms with E-state index in [0.29, 0.717) is 34.6 Å². The van der Waals surface area contributed by atoms with E-state index < -0.39 is 0 Å². The van der Waals surface area contributed by atoms with Crippen molar-refractivity contribution < 1.29 is 9.05 Å². The van der Waals surface area contributed by atoms with Gasteiger partial charge in [-0.1, -0.05) is 59.6 Å². The van der Waals surface area contributed by atoms with E-state index in [2.05, 4.69) is 64.3 Å². The third kappa shape index (κ3) is 8.92. The fraction of sp³-hybridized carbons (Fsp3) is 0.333. The van der Waals surface area contributed by atoms with Crippen molar-refractivity contribution in [3.63, 3.8) is 0 Å². The Morgan fingerprint density at radius 2 is 1.04 bits per heavy atom. The van der Waals surface area contributed by atoms with E-state index in [9.17, 15) is 0 Å². The largest absolute Gasteiger partial charge is 0.337 e. The molecule has 272 valence electrons. The van der Waals surface area contributed by atoms with Gasteiger partial charge in [-0.3, -0.25) is 19.8 Å². The van der Waals surface area contributed by atoms with Crippen molar-refractivity contribution in [2.45, 2.75) is 77.5 Å². The van der Waals surface area contributed by atoms with Crippen LogP contribution in [0.15, 0.2) is 94.0 Å². The molecule has 2 aliphatic rings. The normalized spacial score (nSPS) is 17.6. The summed E-state index contributed by atoms with van der Waals surface area (Å²) in [5, 5.41) is 26.5. The standard InChI is InChI=1S/2C21H21N5O/c2*1-15-6-4-9-18(23-15)14-26-11-3-2-10-19(26)21-24-20(25-27-21)17-8-5-7-16(12-17)13-22/h2*4-9,12,19H,2-3,10-11,14H2,1H3. The monoisotopic (exact) mass is 718 g/mol. The maximum Gasteiger partial charge on any atom is 0.244 e.